The number of likely N-dealkylation sites (N-methyl/N-ethyl adjacent to an activating group) is 2. The van der Waals surface area contributed by atoms with E-state index in [1.165, 1.54) is 0 Å². The summed E-state index contributed by atoms with van der Waals surface area (Å²) in [5, 5.41) is 6.12. The zero-order valence-corrected chi connectivity index (χ0v) is 21.5. The minimum absolute atomic E-state index is 0. The minimum atomic E-state index is -4.36. The molecule has 3 rings (SSSR count). The molecule has 0 atom stereocenters. The van der Waals surface area contributed by atoms with Crippen LogP contribution in [0.4, 0.5) is 31.7 Å². The van der Waals surface area contributed by atoms with Crippen molar-refractivity contribution in [2.45, 2.75) is 4.90 Å². The minimum Gasteiger partial charge on any atom is -0.497 e. The highest BCUT2D eigenvalue weighted by Crippen LogP contribution is 2.36. The van der Waals surface area contributed by atoms with E-state index in [0.29, 0.717) is 18.0 Å². The van der Waals surface area contributed by atoms with Gasteiger partial charge in [0.1, 0.15) is 28.1 Å². The van der Waals surface area contributed by atoms with E-state index in [2.05, 4.69) is 20.3 Å². The summed E-state index contributed by atoms with van der Waals surface area (Å²) < 4.78 is 60.7. The number of anilines is 4. The Morgan fingerprint density at radius 1 is 1.11 bits per heavy atom. The molecule has 0 aliphatic rings. The Morgan fingerprint density at radius 2 is 1.86 bits per heavy atom. The van der Waals surface area contributed by atoms with E-state index >= 15 is 0 Å². The fourth-order valence-corrected chi connectivity index (χ4v) is 4.43. The summed E-state index contributed by atoms with van der Waals surface area (Å²) in [4.78, 5) is 4.93. The van der Waals surface area contributed by atoms with Gasteiger partial charge in [0.05, 0.1) is 35.4 Å². The third-order valence-corrected chi connectivity index (χ3v) is 6.54. The second-order valence-electron chi connectivity index (χ2n) is 7.26. The molecule has 3 N–H and O–H groups in total. The Kier molecular flexibility index (Phi) is 9.90. The standard InChI is InChI=1S/C22H24ClF2N5O3S.ClH/c1-26-8-9-30(2)20-10-15(33-3)5-6-18(20)28-19-12-17(25)21(11-16(19)23)34(31,32)29-22-7-4-14(24)13-27-22;/h4-7,10-13,26,28H,8-9H2,1-3H3,(H,27,29);1H. The average Bonchev–Trinajstić information content (AvgIpc) is 2.81. The molecule has 0 saturated carbocycles. The smallest absolute Gasteiger partial charge is 0.266 e. The third-order valence-electron chi connectivity index (χ3n) is 4.86. The number of aromatic nitrogens is 1. The van der Waals surface area contributed by atoms with Crippen molar-refractivity contribution in [3.63, 3.8) is 0 Å². The molecule has 0 unspecified atom stereocenters. The summed E-state index contributed by atoms with van der Waals surface area (Å²) in [6, 6.07) is 9.46. The molecule has 13 heteroatoms. The number of rotatable bonds is 10. The molecule has 0 fully saturated rings. The van der Waals surface area contributed by atoms with E-state index in [1.807, 2.05) is 25.1 Å². The van der Waals surface area contributed by atoms with Gasteiger partial charge in [-0.15, -0.1) is 12.4 Å². The average molecular weight is 548 g/mol. The number of hydrogen-bond donors (Lipinski definition) is 3. The van der Waals surface area contributed by atoms with Crippen molar-refractivity contribution in [1.82, 2.24) is 10.3 Å². The molecule has 1 aromatic heterocycles. The van der Waals surface area contributed by atoms with Gasteiger partial charge in [-0.2, -0.15) is 0 Å². The molecular weight excluding hydrogens is 523 g/mol. The first kappa shape index (κ1) is 28.4. The maximum absolute atomic E-state index is 14.9. The summed E-state index contributed by atoms with van der Waals surface area (Å²) in [6.07, 6.45) is 0.842. The van der Waals surface area contributed by atoms with Gasteiger partial charge in [0.25, 0.3) is 10.0 Å². The zero-order chi connectivity index (χ0) is 24.9. The van der Waals surface area contributed by atoms with Gasteiger partial charge in [-0.05, 0) is 37.4 Å². The van der Waals surface area contributed by atoms with Crippen molar-refractivity contribution >= 4 is 56.9 Å². The lowest BCUT2D eigenvalue weighted by Crippen LogP contribution is -2.27. The highest BCUT2D eigenvalue weighted by atomic mass is 35.5. The van der Waals surface area contributed by atoms with Gasteiger partial charge in [-0.1, -0.05) is 11.6 Å². The number of halogens is 4. The first-order valence-electron chi connectivity index (χ1n) is 10.1. The molecule has 190 valence electrons. The lowest BCUT2D eigenvalue weighted by atomic mass is 10.2. The summed E-state index contributed by atoms with van der Waals surface area (Å²) >= 11 is 6.32. The number of nitrogens with zero attached hydrogens (tertiary/aromatic N) is 2. The van der Waals surface area contributed by atoms with E-state index < -0.39 is 26.6 Å². The highest BCUT2D eigenvalue weighted by molar-refractivity contribution is 7.92. The highest BCUT2D eigenvalue weighted by Gasteiger charge is 2.23. The fraction of sp³-hybridized carbons (Fsp3) is 0.227. The van der Waals surface area contributed by atoms with Crippen LogP contribution in [0.25, 0.3) is 0 Å². The largest absolute Gasteiger partial charge is 0.497 e. The third kappa shape index (κ3) is 7.07. The quantitative estimate of drug-likeness (QED) is 0.340. The van der Waals surface area contributed by atoms with Gasteiger partial charge in [0.15, 0.2) is 0 Å². The van der Waals surface area contributed by atoms with Crippen molar-refractivity contribution in [2.24, 2.45) is 0 Å². The van der Waals surface area contributed by atoms with Crippen molar-refractivity contribution in [1.29, 1.82) is 0 Å². The number of benzene rings is 2. The van der Waals surface area contributed by atoms with Crippen LogP contribution in [-0.2, 0) is 10.0 Å². The molecule has 0 amide bonds. The second kappa shape index (κ2) is 12.2. The maximum atomic E-state index is 14.9. The van der Waals surface area contributed by atoms with Crippen LogP contribution < -0.4 is 25.0 Å². The lowest BCUT2D eigenvalue weighted by Gasteiger charge is -2.24. The van der Waals surface area contributed by atoms with Crippen LogP contribution in [0.1, 0.15) is 0 Å². The van der Waals surface area contributed by atoms with Crippen molar-refractivity contribution in [3.05, 3.63) is 65.3 Å². The molecule has 0 bridgehead atoms. The van der Waals surface area contributed by atoms with Crippen molar-refractivity contribution in [3.8, 4) is 5.75 Å². The van der Waals surface area contributed by atoms with Crippen LogP contribution in [0.3, 0.4) is 0 Å². The van der Waals surface area contributed by atoms with Crippen LogP contribution in [0.5, 0.6) is 5.75 Å². The Bertz CT molecular complexity index is 1260. The molecule has 0 radical (unpaired) electrons. The summed E-state index contributed by atoms with van der Waals surface area (Å²) in [6.45, 7) is 1.41. The van der Waals surface area contributed by atoms with Gasteiger partial charge in [-0.3, -0.25) is 4.72 Å². The first-order valence-corrected chi connectivity index (χ1v) is 11.9. The fourth-order valence-electron chi connectivity index (χ4n) is 3.06. The molecule has 1 heterocycles. The molecule has 2 aromatic carbocycles. The normalized spacial score (nSPS) is 10.9. The van der Waals surface area contributed by atoms with Crippen molar-refractivity contribution in [2.75, 3.05) is 49.2 Å². The van der Waals surface area contributed by atoms with E-state index in [0.717, 1.165) is 42.7 Å². The summed E-state index contributed by atoms with van der Waals surface area (Å²) in [7, 11) is 0.931. The summed E-state index contributed by atoms with van der Waals surface area (Å²) in [5.41, 5.74) is 1.56. The maximum Gasteiger partial charge on any atom is 0.266 e. The summed E-state index contributed by atoms with van der Waals surface area (Å²) in [5.74, 6) is -1.19. The Labute approximate surface area is 214 Å². The van der Waals surface area contributed by atoms with Gasteiger partial charge >= 0.3 is 0 Å². The predicted octanol–water partition coefficient (Wildman–Crippen LogP) is 4.64. The Hall–Kier alpha value is -2.86. The van der Waals surface area contributed by atoms with Gasteiger partial charge in [0.2, 0.25) is 0 Å². The number of methoxy groups -OCH3 is 1. The monoisotopic (exact) mass is 547 g/mol. The Balaban J connectivity index is 0.00000432. The van der Waals surface area contributed by atoms with E-state index in [1.54, 1.807) is 19.2 Å². The van der Waals surface area contributed by atoms with E-state index in [4.69, 9.17) is 16.3 Å². The molecule has 0 aliphatic heterocycles. The predicted molar refractivity (Wildman–Crippen MR) is 137 cm³/mol. The molecule has 0 saturated heterocycles. The number of sulfonamides is 1. The second-order valence-corrected chi connectivity index (χ2v) is 9.32. The lowest BCUT2D eigenvalue weighted by molar-refractivity contribution is 0.415. The van der Waals surface area contributed by atoms with Crippen LogP contribution in [0, 0.1) is 11.6 Å². The molecule has 3 aromatic rings. The SMILES string of the molecule is CNCCN(C)c1cc(OC)ccc1Nc1cc(F)c(S(=O)(=O)Nc2ccc(F)cn2)cc1Cl.Cl. The molecule has 35 heavy (non-hydrogen) atoms. The first-order chi connectivity index (χ1) is 16.1. The van der Waals surface area contributed by atoms with Gasteiger partial charge in [0, 0.05) is 32.3 Å². The van der Waals surface area contributed by atoms with Crippen LogP contribution >= 0.6 is 24.0 Å². The number of ether oxygens (including phenoxy) is 1. The van der Waals surface area contributed by atoms with Crippen LogP contribution in [0.2, 0.25) is 5.02 Å². The van der Waals surface area contributed by atoms with Crippen molar-refractivity contribution < 1.29 is 21.9 Å². The molecule has 8 nitrogen and oxygen atoms in total. The number of nitrogens with one attached hydrogen (secondary N) is 3. The number of hydrogen-bond acceptors (Lipinski definition) is 7. The van der Waals surface area contributed by atoms with E-state index in [9.17, 15) is 17.2 Å². The molecule has 0 spiro atoms. The molecular formula is C22H25Cl2F2N5O3S. The van der Waals surface area contributed by atoms with Crippen LogP contribution in [0.15, 0.2) is 53.6 Å². The van der Waals surface area contributed by atoms with E-state index in [-0.39, 0.29) is 28.9 Å². The number of pyridine rings is 1. The molecule has 0 aliphatic carbocycles. The van der Waals surface area contributed by atoms with Gasteiger partial charge < -0.3 is 20.3 Å². The van der Waals surface area contributed by atoms with Crippen LogP contribution in [-0.4, -0.2) is 47.7 Å². The van der Waals surface area contributed by atoms with Gasteiger partial charge in [-0.25, -0.2) is 22.2 Å². The zero-order valence-electron chi connectivity index (χ0n) is 19.1. The topological polar surface area (TPSA) is 95.6 Å². The Morgan fingerprint density at radius 3 is 2.49 bits per heavy atom.